The van der Waals surface area contributed by atoms with E-state index in [9.17, 15) is 4.79 Å². The van der Waals surface area contributed by atoms with Crippen LogP contribution in [0.25, 0.3) is 22.3 Å². The fourth-order valence-electron chi connectivity index (χ4n) is 3.73. The number of carbonyl (C=O) groups is 1. The molecule has 0 saturated heterocycles. The second kappa shape index (κ2) is 7.69. The van der Waals surface area contributed by atoms with Crippen LogP contribution in [-0.4, -0.2) is 27.7 Å². The molecule has 5 nitrogen and oxygen atoms in total. The lowest BCUT2D eigenvalue weighted by molar-refractivity contribution is 0.0994. The van der Waals surface area contributed by atoms with Gasteiger partial charge in [0.2, 0.25) is 0 Å². The fourth-order valence-corrected chi connectivity index (χ4v) is 4.66. The Morgan fingerprint density at radius 1 is 1.13 bits per heavy atom. The van der Waals surface area contributed by atoms with Crippen molar-refractivity contribution in [3.8, 4) is 11.3 Å². The Bertz CT molecular complexity index is 1250. The summed E-state index contributed by atoms with van der Waals surface area (Å²) >= 11 is 1.74. The zero-order valence-corrected chi connectivity index (χ0v) is 19.0. The molecule has 0 spiro atoms. The zero-order valence-electron chi connectivity index (χ0n) is 18.2. The summed E-state index contributed by atoms with van der Waals surface area (Å²) in [6.45, 7) is 10.4. The summed E-state index contributed by atoms with van der Waals surface area (Å²) in [7, 11) is 1.82. The maximum Gasteiger partial charge on any atom is 0.258 e. The molecule has 6 heteroatoms. The first kappa shape index (κ1) is 20.3. The Hall–Kier alpha value is -2.99. The Kier molecular flexibility index (Phi) is 5.20. The molecule has 4 rings (SSSR count). The van der Waals surface area contributed by atoms with Crippen molar-refractivity contribution in [1.29, 1.82) is 0 Å². The van der Waals surface area contributed by atoms with Gasteiger partial charge in [0, 0.05) is 34.1 Å². The van der Waals surface area contributed by atoms with Crippen molar-refractivity contribution in [2.75, 3.05) is 11.9 Å². The smallest absolute Gasteiger partial charge is 0.258 e. The van der Waals surface area contributed by atoms with Gasteiger partial charge in [-0.05, 0) is 64.4 Å². The number of nitrogens with zero attached hydrogens (tertiary/aromatic N) is 4. The standard InChI is InChI=1S/C24H26N4OS/c1-14(2)28-23-21(13-25-28)20(12-22(26-23)19-11-16(4)30-17(19)5)24(29)27(6)18-9-7-8-15(3)10-18/h7-14H,1-6H3. The minimum absolute atomic E-state index is 0.0674. The van der Waals surface area contributed by atoms with Gasteiger partial charge in [0.05, 0.1) is 22.8 Å². The van der Waals surface area contributed by atoms with Crippen LogP contribution in [0.1, 0.15) is 45.6 Å². The summed E-state index contributed by atoms with van der Waals surface area (Å²) in [6.07, 6.45) is 1.76. The third-order valence-electron chi connectivity index (χ3n) is 5.30. The summed E-state index contributed by atoms with van der Waals surface area (Å²) in [5.41, 5.74) is 5.23. The monoisotopic (exact) mass is 418 g/mol. The molecule has 1 aromatic carbocycles. The molecule has 4 aromatic rings. The van der Waals surface area contributed by atoms with Crippen LogP contribution in [0, 0.1) is 20.8 Å². The highest BCUT2D eigenvalue weighted by molar-refractivity contribution is 7.12. The number of hydrogen-bond acceptors (Lipinski definition) is 4. The topological polar surface area (TPSA) is 51.0 Å². The number of carbonyl (C=O) groups excluding carboxylic acids is 1. The highest BCUT2D eigenvalue weighted by atomic mass is 32.1. The van der Waals surface area contributed by atoms with Crippen molar-refractivity contribution in [2.45, 2.75) is 40.7 Å². The van der Waals surface area contributed by atoms with E-state index in [1.165, 1.54) is 9.75 Å². The Morgan fingerprint density at radius 3 is 2.53 bits per heavy atom. The fraction of sp³-hybridized carbons (Fsp3) is 0.292. The van der Waals surface area contributed by atoms with Gasteiger partial charge in [-0.3, -0.25) is 4.79 Å². The van der Waals surface area contributed by atoms with Crippen LogP contribution in [0.5, 0.6) is 0 Å². The number of amides is 1. The van der Waals surface area contributed by atoms with Crippen LogP contribution in [0.15, 0.2) is 42.6 Å². The first-order valence-electron chi connectivity index (χ1n) is 10.1. The van der Waals surface area contributed by atoms with Crippen molar-refractivity contribution in [2.24, 2.45) is 0 Å². The summed E-state index contributed by atoms with van der Waals surface area (Å²) < 4.78 is 1.89. The molecule has 0 aliphatic carbocycles. The number of fused-ring (bicyclic) bond motifs is 1. The van der Waals surface area contributed by atoms with Gasteiger partial charge in [-0.1, -0.05) is 12.1 Å². The van der Waals surface area contributed by atoms with E-state index in [1.54, 1.807) is 22.4 Å². The van der Waals surface area contributed by atoms with Crippen molar-refractivity contribution < 1.29 is 4.79 Å². The van der Waals surface area contributed by atoms with E-state index in [4.69, 9.17) is 4.98 Å². The number of thiophene rings is 1. The van der Waals surface area contributed by atoms with E-state index in [0.717, 1.165) is 33.5 Å². The molecule has 0 atom stereocenters. The normalized spacial score (nSPS) is 11.4. The Morgan fingerprint density at radius 2 is 1.90 bits per heavy atom. The van der Waals surface area contributed by atoms with Gasteiger partial charge in [-0.15, -0.1) is 11.3 Å². The van der Waals surface area contributed by atoms with Crippen molar-refractivity contribution >= 4 is 34.0 Å². The molecule has 0 fully saturated rings. The van der Waals surface area contributed by atoms with Crippen molar-refractivity contribution in [3.63, 3.8) is 0 Å². The quantitative estimate of drug-likeness (QED) is 0.412. The molecule has 0 radical (unpaired) electrons. The van der Waals surface area contributed by atoms with Gasteiger partial charge in [0.15, 0.2) is 5.65 Å². The van der Waals surface area contributed by atoms with Crippen LogP contribution in [0.3, 0.4) is 0 Å². The molecule has 0 N–H and O–H groups in total. The van der Waals surface area contributed by atoms with Gasteiger partial charge in [0.25, 0.3) is 5.91 Å². The van der Waals surface area contributed by atoms with E-state index in [1.807, 2.05) is 49.0 Å². The molecule has 3 aromatic heterocycles. The number of anilines is 1. The van der Waals surface area contributed by atoms with Crippen LogP contribution >= 0.6 is 11.3 Å². The SMILES string of the molecule is Cc1cccc(N(C)C(=O)c2cc(-c3cc(C)sc3C)nc3c2cnn3C(C)C)c1. The van der Waals surface area contributed by atoms with Crippen LogP contribution < -0.4 is 4.90 Å². The van der Waals surface area contributed by atoms with Gasteiger partial charge in [-0.25, -0.2) is 9.67 Å². The molecule has 154 valence electrons. The summed E-state index contributed by atoms with van der Waals surface area (Å²) in [5, 5.41) is 5.31. The average Bonchev–Trinajstić information content (AvgIpc) is 3.28. The predicted molar refractivity (Wildman–Crippen MR) is 125 cm³/mol. The largest absolute Gasteiger partial charge is 0.311 e. The first-order chi connectivity index (χ1) is 14.3. The molecule has 0 saturated carbocycles. The molecular weight excluding hydrogens is 392 g/mol. The number of hydrogen-bond donors (Lipinski definition) is 0. The van der Waals surface area contributed by atoms with Crippen LogP contribution in [0.2, 0.25) is 0 Å². The minimum atomic E-state index is -0.0674. The Labute approximate surface area is 181 Å². The molecule has 3 heterocycles. The lowest BCUT2D eigenvalue weighted by Gasteiger charge is -2.19. The molecule has 30 heavy (non-hydrogen) atoms. The number of pyridine rings is 1. The zero-order chi connectivity index (χ0) is 21.6. The second-order valence-electron chi connectivity index (χ2n) is 8.01. The summed E-state index contributed by atoms with van der Waals surface area (Å²) in [5.74, 6) is -0.0674. The Balaban J connectivity index is 1.91. The van der Waals surface area contributed by atoms with E-state index in [0.29, 0.717) is 5.56 Å². The minimum Gasteiger partial charge on any atom is -0.311 e. The average molecular weight is 419 g/mol. The van der Waals surface area contributed by atoms with Gasteiger partial charge >= 0.3 is 0 Å². The van der Waals surface area contributed by atoms with E-state index in [-0.39, 0.29) is 11.9 Å². The molecule has 0 aliphatic rings. The highest BCUT2D eigenvalue weighted by Gasteiger charge is 2.22. The van der Waals surface area contributed by atoms with E-state index >= 15 is 0 Å². The lowest BCUT2D eigenvalue weighted by atomic mass is 10.1. The molecule has 0 aliphatic heterocycles. The molecule has 1 amide bonds. The maximum absolute atomic E-state index is 13.6. The van der Waals surface area contributed by atoms with Crippen molar-refractivity contribution in [1.82, 2.24) is 14.8 Å². The van der Waals surface area contributed by atoms with E-state index in [2.05, 4.69) is 38.9 Å². The third kappa shape index (κ3) is 3.52. The third-order valence-corrected chi connectivity index (χ3v) is 6.26. The van der Waals surface area contributed by atoms with Gasteiger partial charge in [-0.2, -0.15) is 5.10 Å². The summed E-state index contributed by atoms with van der Waals surface area (Å²) in [4.78, 5) is 22.6. The van der Waals surface area contributed by atoms with Crippen LogP contribution in [-0.2, 0) is 0 Å². The number of rotatable bonds is 4. The van der Waals surface area contributed by atoms with Crippen molar-refractivity contribution in [3.05, 3.63) is 63.5 Å². The number of aromatic nitrogens is 3. The van der Waals surface area contributed by atoms with Crippen LogP contribution in [0.4, 0.5) is 5.69 Å². The number of benzene rings is 1. The van der Waals surface area contributed by atoms with E-state index < -0.39 is 0 Å². The molecule has 0 bridgehead atoms. The van der Waals surface area contributed by atoms with Gasteiger partial charge in [0.1, 0.15) is 0 Å². The highest BCUT2D eigenvalue weighted by Crippen LogP contribution is 2.33. The van der Waals surface area contributed by atoms with Gasteiger partial charge < -0.3 is 4.90 Å². The maximum atomic E-state index is 13.6. The summed E-state index contributed by atoms with van der Waals surface area (Å²) in [6, 6.07) is 12.2. The lowest BCUT2D eigenvalue weighted by Crippen LogP contribution is -2.26. The predicted octanol–water partition coefficient (Wildman–Crippen LogP) is 5.94. The number of aryl methyl sites for hydroxylation is 3. The second-order valence-corrected chi connectivity index (χ2v) is 9.47. The first-order valence-corrected chi connectivity index (χ1v) is 10.9. The molecule has 0 unspecified atom stereocenters. The molecular formula is C24H26N4OS.